The van der Waals surface area contributed by atoms with Gasteiger partial charge in [0.1, 0.15) is 11.3 Å². The number of carbonyl (C=O) groups excluding carboxylic acids is 1. The molecule has 0 saturated heterocycles. The zero-order valence-corrected chi connectivity index (χ0v) is 15.6. The van der Waals surface area contributed by atoms with Gasteiger partial charge in [-0.2, -0.15) is 0 Å². The summed E-state index contributed by atoms with van der Waals surface area (Å²) in [6.07, 6.45) is 0. The molecule has 3 aromatic rings. The average Bonchev–Trinajstić information content (AvgIpc) is 2.97. The lowest BCUT2D eigenvalue weighted by atomic mass is 10.1. The largest absolute Gasteiger partial charge is 0.497 e. The summed E-state index contributed by atoms with van der Waals surface area (Å²) in [5.41, 5.74) is 2.55. The molecule has 26 heavy (non-hydrogen) atoms. The lowest BCUT2D eigenvalue weighted by molar-refractivity contribution is 0.0903. The lowest BCUT2D eigenvalue weighted by Gasteiger charge is -2.22. The third-order valence-electron chi connectivity index (χ3n) is 4.40. The SMILES string of the molecule is COc1ccc2oc(C(=O)NC(CN(C)C)c3ccccc3)c(C)c2c1. The third kappa shape index (κ3) is 3.73. The molecule has 5 nitrogen and oxygen atoms in total. The molecule has 0 fully saturated rings. The van der Waals surface area contributed by atoms with Gasteiger partial charge in [-0.05, 0) is 44.8 Å². The van der Waals surface area contributed by atoms with E-state index < -0.39 is 0 Å². The Morgan fingerprint density at radius 2 is 1.92 bits per heavy atom. The second kappa shape index (κ2) is 7.62. The van der Waals surface area contributed by atoms with E-state index in [1.807, 2.05) is 74.4 Å². The van der Waals surface area contributed by atoms with E-state index in [1.165, 1.54) is 0 Å². The van der Waals surface area contributed by atoms with Crippen LogP contribution >= 0.6 is 0 Å². The Kier molecular flexibility index (Phi) is 5.28. The van der Waals surface area contributed by atoms with Gasteiger partial charge in [-0.15, -0.1) is 0 Å². The van der Waals surface area contributed by atoms with Crippen molar-refractivity contribution < 1.29 is 13.9 Å². The first-order valence-electron chi connectivity index (χ1n) is 8.57. The maximum absolute atomic E-state index is 12.9. The maximum atomic E-state index is 12.9. The minimum absolute atomic E-state index is 0.124. The van der Waals surface area contributed by atoms with Gasteiger partial charge in [0.2, 0.25) is 0 Å². The second-order valence-corrected chi connectivity index (χ2v) is 6.62. The van der Waals surface area contributed by atoms with E-state index in [-0.39, 0.29) is 11.9 Å². The first kappa shape index (κ1) is 18.0. The maximum Gasteiger partial charge on any atom is 0.287 e. The number of furan rings is 1. The Bertz CT molecular complexity index is 900. The number of amides is 1. The van der Waals surface area contributed by atoms with Gasteiger partial charge in [-0.3, -0.25) is 4.79 Å². The Labute approximate surface area is 153 Å². The van der Waals surface area contributed by atoms with Crippen molar-refractivity contribution in [2.45, 2.75) is 13.0 Å². The summed E-state index contributed by atoms with van der Waals surface area (Å²) in [4.78, 5) is 15.0. The average molecular weight is 352 g/mol. The van der Waals surface area contributed by atoms with Crippen LogP contribution in [0.25, 0.3) is 11.0 Å². The van der Waals surface area contributed by atoms with Gasteiger partial charge in [0.15, 0.2) is 5.76 Å². The summed E-state index contributed by atoms with van der Waals surface area (Å²) in [5, 5.41) is 3.99. The van der Waals surface area contributed by atoms with E-state index >= 15 is 0 Å². The van der Waals surface area contributed by atoms with Crippen LogP contribution in [0.1, 0.15) is 27.7 Å². The Morgan fingerprint density at radius 3 is 2.58 bits per heavy atom. The fourth-order valence-electron chi connectivity index (χ4n) is 3.05. The molecule has 0 bridgehead atoms. The van der Waals surface area contributed by atoms with Crippen LogP contribution in [-0.2, 0) is 0 Å². The number of aryl methyl sites for hydroxylation is 1. The van der Waals surface area contributed by atoms with Crippen molar-refractivity contribution in [3.05, 3.63) is 65.4 Å². The number of hydrogen-bond donors (Lipinski definition) is 1. The van der Waals surface area contributed by atoms with Gasteiger partial charge in [-0.1, -0.05) is 30.3 Å². The number of methoxy groups -OCH3 is 1. The minimum atomic E-state index is -0.214. The van der Waals surface area contributed by atoms with Gasteiger partial charge in [0.05, 0.1) is 13.2 Å². The Morgan fingerprint density at radius 1 is 1.19 bits per heavy atom. The van der Waals surface area contributed by atoms with Crippen LogP contribution in [0.5, 0.6) is 5.75 Å². The van der Waals surface area contributed by atoms with E-state index in [0.29, 0.717) is 17.9 Å². The van der Waals surface area contributed by atoms with E-state index in [9.17, 15) is 4.79 Å². The highest BCUT2D eigenvalue weighted by atomic mass is 16.5. The first-order valence-corrected chi connectivity index (χ1v) is 8.57. The number of hydrogen-bond acceptors (Lipinski definition) is 4. The molecule has 0 aliphatic heterocycles. The number of nitrogens with zero attached hydrogens (tertiary/aromatic N) is 1. The van der Waals surface area contributed by atoms with Crippen LogP contribution in [0.2, 0.25) is 0 Å². The highest BCUT2D eigenvalue weighted by Gasteiger charge is 2.22. The minimum Gasteiger partial charge on any atom is -0.497 e. The van der Waals surface area contributed by atoms with Crippen LogP contribution in [-0.4, -0.2) is 38.6 Å². The molecule has 0 radical (unpaired) electrons. The molecule has 1 amide bonds. The highest BCUT2D eigenvalue weighted by molar-refractivity contribution is 5.99. The van der Waals surface area contributed by atoms with Gasteiger partial charge in [0.25, 0.3) is 5.91 Å². The van der Waals surface area contributed by atoms with E-state index in [4.69, 9.17) is 9.15 Å². The molecule has 1 aromatic heterocycles. The molecule has 5 heteroatoms. The van der Waals surface area contributed by atoms with Gasteiger partial charge in [0, 0.05) is 17.5 Å². The Balaban J connectivity index is 1.90. The van der Waals surface area contributed by atoms with Gasteiger partial charge < -0.3 is 19.4 Å². The van der Waals surface area contributed by atoms with Crippen molar-refractivity contribution in [1.82, 2.24) is 10.2 Å². The van der Waals surface area contributed by atoms with Crippen molar-refractivity contribution >= 4 is 16.9 Å². The summed E-state index contributed by atoms with van der Waals surface area (Å²) in [6, 6.07) is 15.4. The molecule has 1 N–H and O–H groups in total. The summed E-state index contributed by atoms with van der Waals surface area (Å²) in [5.74, 6) is 0.865. The summed E-state index contributed by atoms with van der Waals surface area (Å²) in [6.45, 7) is 2.59. The van der Waals surface area contributed by atoms with Crippen LogP contribution in [0.3, 0.4) is 0 Å². The summed E-state index contributed by atoms with van der Waals surface area (Å²) >= 11 is 0. The van der Waals surface area contributed by atoms with Crippen molar-refractivity contribution in [3.8, 4) is 5.75 Å². The van der Waals surface area contributed by atoms with Crippen LogP contribution in [0.4, 0.5) is 0 Å². The molecular formula is C21H24N2O3. The van der Waals surface area contributed by atoms with Crippen molar-refractivity contribution in [2.75, 3.05) is 27.7 Å². The van der Waals surface area contributed by atoms with E-state index in [2.05, 4.69) is 5.32 Å². The van der Waals surface area contributed by atoms with E-state index in [1.54, 1.807) is 7.11 Å². The predicted octanol–water partition coefficient (Wildman–Crippen LogP) is 3.78. The molecule has 3 rings (SSSR count). The van der Waals surface area contributed by atoms with Gasteiger partial charge >= 0.3 is 0 Å². The number of fused-ring (bicyclic) bond motifs is 1. The molecule has 0 aliphatic rings. The van der Waals surface area contributed by atoms with Crippen LogP contribution in [0, 0.1) is 6.92 Å². The normalized spacial score (nSPS) is 12.3. The first-order chi connectivity index (χ1) is 12.5. The molecular weight excluding hydrogens is 328 g/mol. The van der Waals surface area contributed by atoms with Crippen molar-refractivity contribution in [1.29, 1.82) is 0 Å². The number of carbonyl (C=O) groups is 1. The number of benzene rings is 2. The lowest BCUT2D eigenvalue weighted by Crippen LogP contribution is -2.35. The fraction of sp³-hybridized carbons (Fsp3) is 0.286. The quantitative estimate of drug-likeness (QED) is 0.733. The highest BCUT2D eigenvalue weighted by Crippen LogP contribution is 2.29. The van der Waals surface area contributed by atoms with Crippen molar-refractivity contribution in [3.63, 3.8) is 0 Å². The summed E-state index contributed by atoms with van der Waals surface area (Å²) in [7, 11) is 5.59. The predicted molar refractivity (Wildman–Crippen MR) is 103 cm³/mol. The number of ether oxygens (including phenoxy) is 1. The molecule has 1 unspecified atom stereocenters. The number of rotatable bonds is 6. The second-order valence-electron chi connectivity index (χ2n) is 6.62. The fourth-order valence-corrected chi connectivity index (χ4v) is 3.05. The molecule has 0 spiro atoms. The van der Waals surface area contributed by atoms with Crippen LogP contribution in [0.15, 0.2) is 52.9 Å². The molecule has 0 saturated carbocycles. The van der Waals surface area contributed by atoms with Crippen molar-refractivity contribution in [2.24, 2.45) is 0 Å². The van der Waals surface area contributed by atoms with Crippen LogP contribution < -0.4 is 10.1 Å². The molecule has 2 aromatic carbocycles. The topological polar surface area (TPSA) is 54.7 Å². The van der Waals surface area contributed by atoms with E-state index in [0.717, 1.165) is 22.3 Å². The monoisotopic (exact) mass is 352 g/mol. The molecule has 1 heterocycles. The zero-order chi connectivity index (χ0) is 18.7. The molecule has 0 aliphatic carbocycles. The smallest absolute Gasteiger partial charge is 0.287 e. The third-order valence-corrected chi connectivity index (χ3v) is 4.40. The number of likely N-dealkylation sites (N-methyl/N-ethyl adjacent to an activating group) is 1. The zero-order valence-electron chi connectivity index (χ0n) is 15.6. The standard InChI is InChI=1S/C21H24N2O3/c1-14-17-12-16(25-4)10-11-19(17)26-20(14)21(24)22-18(13-23(2)3)15-8-6-5-7-9-15/h5-12,18H,13H2,1-4H3,(H,22,24). The molecule has 1 atom stereocenters. The number of nitrogens with one attached hydrogen (secondary N) is 1. The molecule has 136 valence electrons. The Hall–Kier alpha value is -2.79. The summed E-state index contributed by atoms with van der Waals surface area (Å²) < 4.78 is 11.1. The van der Waals surface area contributed by atoms with Gasteiger partial charge in [-0.25, -0.2) is 0 Å².